The van der Waals surface area contributed by atoms with Gasteiger partial charge in [0.2, 0.25) is 0 Å². The zero-order chi connectivity index (χ0) is 17.6. The van der Waals surface area contributed by atoms with Gasteiger partial charge < -0.3 is 9.64 Å². The lowest BCUT2D eigenvalue weighted by molar-refractivity contribution is 0.0670. The van der Waals surface area contributed by atoms with Crippen molar-refractivity contribution >= 4 is 27.5 Å². The van der Waals surface area contributed by atoms with Crippen LogP contribution in [-0.2, 0) is 6.42 Å². The van der Waals surface area contributed by atoms with E-state index >= 15 is 0 Å². The molecule has 6 nitrogen and oxygen atoms in total. The highest BCUT2D eigenvalue weighted by Crippen LogP contribution is 2.35. The van der Waals surface area contributed by atoms with E-state index in [1.807, 2.05) is 24.0 Å². The molecule has 1 unspecified atom stereocenters. The second-order valence-electron chi connectivity index (χ2n) is 6.06. The van der Waals surface area contributed by atoms with E-state index in [0.29, 0.717) is 17.9 Å². The van der Waals surface area contributed by atoms with Crippen LogP contribution in [-0.4, -0.2) is 39.1 Å². The molecule has 0 aliphatic carbocycles. The van der Waals surface area contributed by atoms with Gasteiger partial charge in [-0.3, -0.25) is 4.79 Å². The first-order valence-electron chi connectivity index (χ1n) is 8.06. The summed E-state index contributed by atoms with van der Waals surface area (Å²) in [6, 6.07) is 7.69. The summed E-state index contributed by atoms with van der Waals surface area (Å²) in [5.41, 5.74) is 3.37. The SMILES string of the molecule is COc1cccc2c1CCN(C(=O)c1cc3ncc(Br)cn3n1)C2C. The van der Waals surface area contributed by atoms with Gasteiger partial charge in [-0.15, -0.1) is 0 Å². The van der Waals surface area contributed by atoms with Crippen LogP contribution in [0.3, 0.4) is 0 Å². The molecule has 128 valence electrons. The molecule has 0 fully saturated rings. The second-order valence-corrected chi connectivity index (χ2v) is 6.97. The van der Waals surface area contributed by atoms with E-state index < -0.39 is 0 Å². The van der Waals surface area contributed by atoms with E-state index in [0.717, 1.165) is 22.2 Å². The highest BCUT2D eigenvalue weighted by atomic mass is 79.9. The van der Waals surface area contributed by atoms with Crippen LogP contribution in [0.15, 0.2) is 41.1 Å². The number of rotatable bonds is 2. The Morgan fingerprint density at radius 1 is 1.40 bits per heavy atom. The molecular weight excluding hydrogens is 384 g/mol. The number of methoxy groups -OCH3 is 1. The molecule has 1 aliphatic rings. The fourth-order valence-electron chi connectivity index (χ4n) is 3.41. The largest absolute Gasteiger partial charge is 0.496 e. The molecule has 2 aromatic heterocycles. The first-order chi connectivity index (χ1) is 12.1. The Morgan fingerprint density at radius 2 is 2.24 bits per heavy atom. The average Bonchev–Trinajstić information content (AvgIpc) is 3.04. The summed E-state index contributed by atoms with van der Waals surface area (Å²) in [5, 5.41) is 4.38. The van der Waals surface area contributed by atoms with Crippen molar-refractivity contribution in [2.45, 2.75) is 19.4 Å². The predicted octanol–water partition coefficient (Wildman–Crippen LogP) is 3.26. The molecule has 1 aromatic carbocycles. The number of ether oxygens (including phenoxy) is 1. The quantitative estimate of drug-likeness (QED) is 0.662. The Kier molecular flexibility index (Phi) is 3.95. The first-order valence-corrected chi connectivity index (χ1v) is 8.85. The van der Waals surface area contributed by atoms with Crippen LogP contribution in [0.2, 0.25) is 0 Å². The van der Waals surface area contributed by atoms with Gasteiger partial charge in [-0.1, -0.05) is 12.1 Å². The smallest absolute Gasteiger partial charge is 0.274 e. The Morgan fingerprint density at radius 3 is 3.04 bits per heavy atom. The Bertz CT molecular complexity index is 969. The number of benzene rings is 1. The zero-order valence-electron chi connectivity index (χ0n) is 13.9. The molecule has 0 saturated carbocycles. The van der Waals surface area contributed by atoms with Crippen molar-refractivity contribution in [2.75, 3.05) is 13.7 Å². The number of hydrogen-bond donors (Lipinski definition) is 0. The van der Waals surface area contributed by atoms with Gasteiger partial charge in [0.15, 0.2) is 11.3 Å². The molecule has 0 spiro atoms. The van der Waals surface area contributed by atoms with Crippen LogP contribution in [0.25, 0.3) is 5.65 Å². The van der Waals surface area contributed by atoms with E-state index in [-0.39, 0.29) is 11.9 Å². The molecule has 1 aliphatic heterocycles. The third kappa shape index (κ3) is 2.68. The second kappa shape index (κ2) is 6.15. The van der Waals surface area contributed by atoms with Gasteiger partial charge in [0.25, 0.3) is 5.91 Å². The van der Waals surface area contributed by atoms with E-state index in [9.17, 15) is 4.79 Å². The van der Waals surface area contributed by atoms with Crippen molar-refractivity contribution in [3.63, 3.8) is 0 Å². The maximum absolute atomic E-state index is 13.0. The number of carbonyl (C=O) groups excluding carboxylic acids is 1. The first kappa shape index (κ1) is 16.1. The lowest BCUT2D eigenvalue weighted by Gasteiger charge is -2.35. The number of nitrogens with zero attached hydrogens (tertiary/aromatic N) is 4. The van der Waals surface area contributed by atoms with E-state index in [1.54, 1.807) is 30.1 Å². The molecule has 7 heteroatoms. The monoisotopic (exact) mass is 400 g/mol. The summed E-state index contributed by atoms with van der Waals surface area (Å²) >= 11 is 3.37. The van der Waals surface area contributed by atoms with Gasteiger partial charge >= 0.3 is 0 Å². The minimum atomic E-state index is -0.0809. The van der Waals surface area contributed by atoms with Crippen molar-refractivity contribution in [3.05, 3.63) is 58.0 Å². The molecule has 1 atom stereocenters. The maximum Gasteiger partial charge on any atom is 0.274 e. The maximum atomic E-state index is 13.0. The van der Waals surface area contributed by atoms with Gasteiger partial charge in [-0.05, 0) is 40.9 Å². The topological polar surface area (TPSA) is 59.7 Å². The molecule has 3 heterocycles. The van der Waals surface area contributed by atoms with Crippen molar-refractivity contribution in [2.24, 2.45) is 0 Å². The lowest BCUT2D eigenvalue weighted by atomic mass is 9.92. The average molecular weight is 401 g/mol. The van der Waals surface area contributed by atoms with Crippen LogP contribution in [0.1, 0.15) is 34.6 Å². The number of hydrogen-bond acceptors (Lipinski definition) is 4. The minimum absolute atomic E-state index is 0.0316. The number of fused-ring (bicyclic) bond motifs is 2. The molecule has 0 radical (unpaired) electrons. The molecule has 3 aromatic rings. The normalized spacial score (nSPS) is 16.8. The third-order valence-corrected chi connectivity index (χ3v) is 5.08. The van der Waals surface area contributed by atoms with Crippen molar-refractivity contribution in [1.29, 1.82) is 0 Å². The minimum Gasteiger partial charge on any atom is -0.496 e. The molecule has 4 rings (SSSR count). The Hall–Kier alpha value is -2.41. The standard InChI is InChI=1S/C18H17BrN4O2/c1-11-13-4-3-5-16(25-2)14(13)6-7-22(11)18(24)15-8-17-20-9-12(19)10-23(17)21-15/h3-5,8-11H,6-7H2,1-2H3. The number of carbonyl (C=O) groups is 1. The summed E-state index contributed by atoms with van der Waals surface area (Å²) < 4.78 is 7.89. The van der Waals surface area contributed by atoms with Gasteiger partial charge in [-0.2, -0.15) is 5.10 Å². The zero-order valence-corrected chi connectivity index (χ0v) is 15.5. The lowest BCUT2D eigenvalue weighted by Crippen LogP contribution is -2.39. The highest BCUT2D eigenvalue weighted by molar-refractivity contribution is 9.10. The molecule has 0 saturated heterocycles. The summed E-state index contributed by atoms with van der Waals surface area (Å²) in [7, 11) is 1.68. The summed E-state index contributed by atoms with van der Waals surface area (Å²) in [5.74, 6) is 0.806. The van der Waals surface area contributed by atoms with Gasteiger partial charge in [0.1, 0.15) is 5.75 Å². The molecule has 25 heavy (non-hydrogen) atoms. The Labute approximate surface area is 153 Å². The number of halogens is 1. The summed E-state index contributed by atoms with van der Waals surface area (Å²) in [4.78, 5) is 19.1. The molecule has 0 N–H and O–H groups in total. The number of aromatic nitrogens is 3. The highest BCUT2D eigenvalue weighted by Gasteiger charge is 2.31. The van der Waals surface area contributed by atoms with Gasteiger partial charge in [0.05, 0.1) is 17.6 Å². The third-order valence-electron chi connectivity index (χ3n) is 4.67. The van der Waals surface area contributed by atoms with Gasteiger partial charge in [-0.25, -0.2) is 9.50 Å². The van der Waals surface area contributed by atoms with Crippen LogP contribution in [0.4, 0.5) is 0 Å². The van der Waals surface area contributed by atoms with Crippen molar-refractivity contribution < 1.29 is 9.53 Å². The molecule has 1 amide bonds. The Balaban J connectivity index is 1.68. The van der Waals surface area contributed by atoms with Gasteiger partial charge in [0, 0.05) is 30.6 Å². The van der Waals surface area contributed by atoms with Crippen LogP contribution < -0.4 is 4.74 Å². The predicted molar refractivity (Wildman–Crippen MR) is 96.8 cm³/mol. The van der Waals surface area contributed by atoms with E-state index in [2.05, 4.69) is 32.1 Å². The summed E-state index contributed by atoms with van der Waals surface area (Å²) in [6.07, 6.45) is 4.25. The van der Waals surface area contributed by atoms with Crippen LogP contribution >= 0.6 is 15.9 Å². The van der Waals surface area contributed by atoms with Crippen molar-refractivity contribution in [1.82, 2.24) is 19.5 Å². The van der Waals surface area contributed by atoms with Crippen LogP contribution in [0, 0.1) is 0 Å². The molecule has 0 bridgehead atoms. The van der Waals surface area contributed by atoms with E-state index in [4.69, 9.17) is 4.74 Å². The fourth-order valence-corrected chi connectivity index (χ4v) is 3.71. The van der Waals surface area contributed by atoms with Crippen LogP contribution in [0.5, 0.6) is 5.75 Å². The summed E-state index contributed by atoms with van der Waals surface area (Å²) in [6.45, 7) is 2.68. The van der Waals surface area contributed by atoms with Crippen molar-refractivity contribution in [3.8, 4) is 5.75 Å². The fraction of sp³-hybridized carbons (Fsp3) is 0.278. The number of amides is 1. The molecular formula is C18H17BrN4O2. The van der Waals surface area contributed by atoms with E-state index in [1.165, 1.54) is 5.56 Å².